The lowest BCUT2D eigenvalue weighted by Gasteiger charge is -2.34. The average Bonchev–Trinajstić information content (AvgIpc) is 1.99. The molecule has 3 unspecified atom stereocenters. The lowest BCUT2D eigenvalue weighted by molar-refractivity contribution is 0.208. The minimum Gasteiger partial charge on any atom is -0.318 e. The maximum absolute atomic E-state index is 5.46. The Morgan fingerprint density at radius 2 is 2.09 bits per heavy atom. The van der Waals surface area contributed by atoms with Crippen LogP contribution in [0.5, 0.6) is 0 Å². The highest BCUT2D eigenvalue weighted by Gasteiger charge is 2.25. The molecule has 0 spiro atoms. The van der Waals surface area contributed by atoms with Crippen LogP contribution in [0.1, 0.15) is 33.1 Å². The van der Waals surface area contributed by atoms with Crippen LogP contribution < -0.4 is 11.1 Å². The molecular weight excluding hydrogens is 136 g/mol. The summed E-state index contributed by atoms with van der Waals surface area (Å²) in [5.74, 6) is 1.67. The second-order valence-electron chi connectivity index (χ2n) is 3.78. The summed E-state index contributed by atoms with van der Waals surface area (Å²) < 4.78 is 0. The molecule has 2 heteroatoms. The van der Waals surface area contributed by atoms with E-state index in [4.69, 9.17) is 5.73 Å². The van der Waals surface area contributed by atoms with Crippen molar-refractivity contribution in [3.05, 3.63) is 0 Å². The first kappa shape index (κ1) is 9.01. The molecule has 0 saturated heterocycles. The van der Waals surface area contributed by atoms with Gasteiger partial charge in [0.05, 0.1) is 0 Å². The Morgan fingerprint density at radius 1 is 1.36 bits per heavy atom. The Hall–Kier alpha value is -0.0800. The topological polar surface area (TPSA) is 38.0 Å². The Balaban J connectivity index is 2.38. The highest BCUT2D eigenvalue weighted by atomic mass is 15.0. The lowest BCUT2D eigenvalue weighted by Crippen LogP contribution is -2.42. The van der Waals surface area contributed by atoms with Crippen molar-refractivity contribution in [2.45, 2.75) is 39.2 Å². The Labute approximate surface area is 69.5 Å². The molecule has 0 aromatic carbocycles. The van der Waals surface area contributed by atoms with E-state index < -0.39 is 0 Å². The average molecular weight is 156 g/mol. The molecule has 1 rings (SSSR count). The first-order valence-corrected chi connectivity index (χ1v) is 4.69. The van der Waals surface area contributed by atoms with Gasteiger partial charge < -0.3 is 11.1 Å². The minimum absolute atomic E-state index is 0.627. The van der Waals surface area contributed by atoms with Crippen molar-refractivity contribution in [1.29, 1.82) is 0 Å². The highest BCUT2D eigenvalue weighted by molar-refractivity contribution is 4.81. The van der Waals surface area contributed by atoms with Crippen molar-refractivity contribution in [1.82, 2.24) is 5.32 Å². The molecule has 1 saturated carbocycles. The standard InChI is InChI=1S/C9H20N2/c1-7-4-3-5-9(8(7)2)11-6-10/h7-9,11H,3-6,10H2,1-2H3. The fraction of sp³-hybridized carbons (Fsp3) is 1.00. The fourth-order valence-electron chi connectivity index (χ4n) is 2.02. The van der Waals surface area contributed by atoms with E-state index in [0.717, 1.165) is 11.8 Å². The molecule has 0 aromatic heterocycles. The minimum atomic E-state index is 0.627. The summed E-state index contributed by atoms with van der Waals surface area (Å²) >= 11 is 0. The molecule has 0 bridgehead atoms. The van der Waals surface area contributed by atoms with Gasteiger partial charge in [-0.1, -0.05) is 26.7 Å². The largest absolute Gasteiger partial charge is 0.318 e. The summed E-state index contributed by atoms with van der Waals surface area (Å²) in [6.45, 7) is 5.30. The van der Waals surface area contributed by atoms with Gasteiger partial charge in [-0.15, -0.1) is 0 Å². The highest BCUT2D eigenvalue weighted by Crippen LogP contribution is 2.29. The predicted octanol–water partition coefficient (Wildman–Crippen LogP) is 1.32. The van der Waals surface area contributed by atoms with E-state index in [9.17, 15) is 0 Å². The fourth-order valence-corrected chi connectivity index (χ4v) is 2.02. The van der Waals surface area contributed by atoms with Gasteiger partial charge in [0.1, 0.15) is 0 Å². The van der Waals surface area contributed by atoms with E-state index in [-0.39, 0.29) is 0 Å². The third-order valence-electron chi connectivity index (χ3n) is 3.09. The van der Waals surface area contributed by atoms with Crippen molar-refractivity contribution in [2.24, 2.45) is 17.6 Å². The van der Waals surface area contributed by atoms with E-state index in [1.807, 2.05) is 0 Å². The molecule has 1 aliphatic carbocycles. The van der Waals surface area contributed by atoms with Crippen molar-refractivity contribution in [3.63, 3.8) is 0 Å². The van der Waals surface area contributed by atoms with Gasteiger partial charge in [0, 0.05) is 12.7 Å². The number of nitrogens with one attached hydrogen (secondary N) is 1. The van der Waals surface area contributed by atoms with E-state index >= 15 is 0 Å². The molecule has 11 heavy (non-hydrogen) atoms. The van der Waals surface area contributed by atoms with Crippen LogP contribution in [0.2, 0.25) is 0 Å². The van der Waals surface area contributed by atoms with E-state index in [0.29, 0.717) is 12.7 Å². The van der Waals surface area contributed by atoms with Crippen molar-refractivity contribution >= 4 is 0 Å². The van der Waals surface area contributed by atoms with Crippen LogP contribution in [-0.4, -0.2) is 12.7 Å². The van der Waals surface area contributed by atoms with Gasteiger partial charge in [0.2, 0.25) is 0 Å². The number of nitrogens with two attached hydrogens (primary N) is 1. The quantitative estimate of drug-likeness (QED) is 0.592. The Kier molecular flexibility index (Phi) is 3.34. The molecule has 3 N–H and O–H groups in total. The van der Waals surface area contributed by atoms with Crippen LogP contribution >= 0.6 is 0 Å². The van der Waals surface area contributed by atoms with Crippen LogP contribution in [0.15, 0.2) is 0 Å². The zero-order valence-corrected chi connectivity index (χ0v) is 7.64. The molecular formula is C9H20N2. The van der Waals surface area contributed by atoms with Gasteiger partial charge in [0.25, 0.3) is 0 Å². The zero-order valence-electron chi connectivity index (χ0n) is 7.64. The Bertz CT molecular complexity index is 112. The summed E-state index contributed by atoms with van der Waals surface area (Å²) in [6, 6.07) is 0.670. The maximum atomic E-state index is 5.46. The SMILES string of the molecule is CC1CCCC(NCN)C1C. The van der Waals surface area contributed by atoms with Gasteiger partial charge in [-0.25, -0.2) is 0 Å². The van der Waals surface area contributed by atoms with Crippen molar-refractivity contribution < 1.29 is 0 Å². The molecule has 1 aliphatic rings. The summed E-state index contributed by atoms with van der Waals surface area (Å²) in [7, 11) is 0. The first-order chi connectivity index (χ1) is 5.25. The van der Waals surface area contributed by atoms with Crippen LogP contribution in [-0.2, 0) is 0 Å². The molecule has 3 atom stereocenters. The van der Waals surface area contributed by atoms with Gasteiger partial charge >= 0.3 is 0 Å². The first-order valence-electron chi connectivity index (χ1n) is 4.69. The molecule has 0 aromatic rings. The van der Waals surface area contributed by atoms with Crippen molar-refractivity contribution in [3.8, 4) is 0 Å². The summed E-state index contributed by atoms with van der Waals surface area (Å²) in [5, 5.41) is 3.34. The summed E-state index contributed by atoms with van der Waals surface area (Å²) in [6.07, 6.45) is 4.07. The maximum Gasteiger partial charge on any atom is 0.0430 e. The lowest BCUT2D eigenvalue weighted by atomic mass is 9.78. The van der Waals surface area contributed by atoms with E-state index in [1.165, 1.54) is 19.3 Å². The molecule has 0 aliphatic heterocycles. The molecule has 0 heterocycles. The molecule has 2 nitrogen and oxygen atoms in total. The third-order valence-corrected chi connectivity index (χ3v) is 3.09. The summed E-state index contributed by atoms with van der Waals surface area (Å²) in [5.41, 5.74) is 5.46. The van der Waals surface area contributed by atoms with Gasteiger partial charge in [0.15, 0.2) is 0 Å². The van der Waals surface area contributed by atoms with Crippen LogP contribution in [0, 0.1) is 11.8 Å². The van der Waals surface area contributed by atoms with Gasteiger partial charge in [-0.3, -0.25) is 0 Å². The second-order valence-corrected chi connectivity index (χ2v) is 3.78. The Morgan fingerprint density at radius 3 is 2.73 bits per heavy atom. The van der Waals surface area contributed by atoms with E-state index in [1.54, 1.807) is 0 Å². The molecule has 0 radical (unpaired) electrons. The number of hydrogen-bond donors (Lipinski definition) is 2. The van der Waals surface area contributed by atoms with Crippen LogP contribution in [0.3, 0.4) is 0 Å². The third kappa shape index (κ3) is 2.17. The normalized spacial score (nSPS) is 39.0. The monoisotopic (exact) mass is 156 g/mol. The number of rotatable bonds is 2. The molecule has 1 fully saturated rings. The van der Waals surface area contributed by atoms with Gasteiger partial charge in [-0.2, -0.15) is 0 Å². The number of hydrogen-bond acceptors (Lipinski definition) is 2. The molecule has 66 valence electrons. The van der Waals surface area contributed by atoms with E-state index in [2.05, 4.69) is 19.2 Å². The smallest absolute Gasteiger partial charge is 0.0430 e. The molecule has 0 amide bonds. The zero-order chi connectivity index (χ0) is 8.27. The summed E-state index contributed by atoms with van der Waals surface area (Å²) in [4.78, 5) is 0. The van der Waals surface area contributed by atoms with Crippen molar-refractivity contribution in [2.75, 3.05) is 6.67 Å². The predicted molar refractivity (Wildman–Crippen MR) is 48.2 cm³/mol. The van der Waals surface area contributed by atoms with Crippen LogP contribution in [0.25, 0.3) is 0 Å². The second kappa shape index (κ2) is 4.07. The van der Waals surface area contributed by atoms with Crippen LogP contribution in [0.4, 0.5) is 0 Å². The van der Waals surface area contributed by atoms with Gasteiger partial charge in [-0.05, 0) is 18.3 Å².